The molecule has 14 heavy (non-hydrogen) atoms. The van der Waals surface area contributed by atoms with Crippen LogP contribution in [0.25, 0.3) is 0 Å². The lowest BCUT2D eigenvalue weighted by atomic mass is 9.97. The number of ether oxygens (including phenoxy) is 1. The molecule has 0 aromatic heterocycles. The van der Waals surface area contributed by atoms with E-state index in [1.165, 1.54) is 13.2 Å². The molecule has 78 valence electrons. The van der Waals surface area contributed by atoms with Crippen molar-refractivity contribution in [2.45, 2.75) is 19.4 Å². The maximum atomic E-state index is 13.3. The van der Waals surface area contributed by atoms with Crippen molar-refractivity contribution in [3.8, 4) is 5.75 Å². The molecule has 0 atom stereocenters. The smallest absolute Gasteiger partial charge is 0.166 e. The number of rotatable bonds is 2. The van der Waals surface area contributed by atoms with Crippen molar-refractivity contribution in [3.05, 3.63) is 28.5 Å². The minimum Gasteiger partial charge on any atom is -0.493 e. The highest BCUT2D eigenvalue weighted by Gasteiger charge is 2.24. The van der Waals surface area contributed by atoms with Gasteiger partial charge in [0.1, 0.15) is 0 Å². The molecule has 4 heteroatoms. The normalized spacial score (nSPS) is 11.6. The molecule has 1 rings (SSSR count). The topological polar surface area (TPSA) is 29.5 Å². The first-order valence-corrected chi connectivity index (χ1v) is 4.50. The Morgan fingerprint density at radius 1 is 1.43 bits per heavy atom. The Labute approximate surface area is 87.3 Å². The van der Waals surface area contributed by atoms with E-state index in [4.69, 9.17) is 16.3 Å². The van der Waals surface area contributed by atoms with Gasteiger partial charge in [-0.1, -0.05) is 11.6 Å². The largest absolute Gasteiger partial charge is 0.493 e. The molecule has 1 aromatic rings. The molecule has 0 saturated carbocycles. The zero-order chi connectivity index (χ0) is 10.9. The first kappa shape index (κ1) is 11.3. The van der Waals surface area contributed by atoms with E-state index in [0.717, 1.165) is 6.07 Å². The summed E-state index contributed by atoms with van der Waals surface area (Å²) in [6.45, 7) is 3.08. The standard InChI is InChI=1S/C10H12ClFO2/c1-10(2,13)7-4-6(11)5-8(12)9(7)14-3/h4-5,13H,1-3H3. The first-order chi connectivity index (χ1) is 6.36. The summed E-state index contributed by atoms with van der Waals surface area (Å²) in [6, 6.07) is 2.64. The Morgan fingerprint density at radius 3 is 2.43 bits per heavy atom. The molecule has 0 heterocycles. The second-order valence-corrected chi connectivity index (χ2v) is 3.96. The molecular weight excluding hydrogens is 207 g/mol. The lowest BCUT2D eigenvalue weighted by Gasteiger charge is -2.21. The third-order valence-electron chi connectivity index (χ3n) is 1.87. The van der Waals surface area contributed by atoms with Gasteiger partial charge in [0, 0.05) is 10.6 Å². The van der Waals surface area contributed by atoms with E-state index in [-0.39, 0.29) is 10.8 Å². The van der Waals surface area contributed by atoms with E-state index in [0.29, 0.717) is 5.56 Å². The molecule has 0 aliphatic rings. The van der Waals surface area contributed by atoms with E-state index in [1.807, 2.05) is 0 Å². The van der Waals surface area contributed by atoms with Gasteiger partial charge in [0.05, 0.1) is 12.7 Å². The summed E-state index contributed by atoms with van der Waals surface area (Å²) >= 11 is 5.68. The van der Waals surface area contributed by atoms with Crippen LogP contribution in [-0.2, 0) is 5.60 Å². The van der Waals surface area contributed by atoms with E-state index in [2.05, 4.69) is 0 Å². The maximum Gasteiger partial charge on any atom is 0.166 e. The fourth-order valence-corrected chi connectivity index (χ4v) is 1.43. The monoisotopic (exact) mass is 218 g/mol. The van der Waals surface area contributed by atoms with Crippen LogP contribution in [0.4, 0.5) is 4.39 Å². The lowest BCUT2D eigenvalue weighted by Crippen LogP contribution is -2.17. The summed E-state index contributed by atoms with van der Waals surface area (Å²) in [5.74, 6) is -0.543. The predicted molar refractivity (Wildman–Crippen MR) is 53.2 cm³/mol. The Balaban J connectivity index is 3.40. The van der Waals surface area contributed by atoms with Crippen molar-refractivity contribution in [2.24, 2.45) is 0 Å². The Bertz CT molecular complexity index is 345. The summed E-state index contributed by atoms with van der Waals surface area (Å²) in [4.78, 5) is 0. The summed E-state index contributed by atoms with van der Waals surface area (Å²) in [5.41, 5.74) is -0.845. The van der Waals surface area contributed by atoms with Gasteiger partial charge in [0.15, 0.2) is 11.6 Å². The zero-order valence-electron chi connectivity index (χ0n) is 8.27. The molecular formula is C10H12ClFO2. The predicted octanol–water partition coefficient (Wildman–Crippen LogP) is 2.72. The summed E-state index contributed by atoms with van der Waals surface area (Å²) in [7, 11) is 1.35. The minimum absolute atomic E-state index is 0.0295. The van der Waals surface area contributed by atoms with Crippen molar-refractivity contribution in [3.63, 3.8) is 0 Å². The molecule has 1 N–H and O–H groups in total. The van der Waals surface area contributed by atoms with Gasteiger partial charge < -0.3 is 9.84 Å². The number of benzene rings is 1. The van der Waals surface area contributed by atoms with E-state index in [9.17, 15) is 9.50 Å². The third-order valence-corrected chi connectivity index (χ3v) is 2.09. The fraction of sp³-hybridized carbons (Fsp3) is 0.400. The fourth-order valence-electron chi connectivity index (χ4n) is 1.22. The number of aliphatic hydroxyl groups is 1. The van der Waals surface area contributed by atoms with Crippen LogP contribution >= 0.6 is 11.6 Å². The molecule has 0 saturated heterocycles. The highest BCUT2D eigenvalue weighted by atomic mass is 35.5. The molecule has 0 amide bonds. The number of hydrogen-bond acceptors (Lipinski definition) is 2. The van der Waals surface area contributed by atoms with Crippen LogP contribution in [0.5, 0.6) is 5.75 Å². The van der Waals surface area contributed by atoms with Gasteiger partial charge in [-0.05, 0) is 26.0 Å². The van der Waals surface area contributed by atoms with Crippen LogP contribution in [0.2, 0.25) is 5.02 Å². The molecule has 0 fully saturated rings. The average Bonchev–Trinajstić information content (AvgIpc) is 2.01. The second-order valence-electron chi connectivity index (χ2n) is 3.53. The van der Waals surface area contributed by atoms with Crippen LogP contribution in [-0.4, -0.2) is 12.2 Å². The van der Waals surface area contributed by atoms with Crippen molar-refractivity contribution in [1.29, 1.82) is 0 Å². The molecule has 1 aromatic carbocycles. The highest BCUT2D eigenvalue weighted by Crippen LogP contribution is 2.34. The van der Waals surface area contributed by atoms with Gasteiger partial charge in [0.25, 0.3) is 0 Å². The van der Waals surface area contributed by atoms with Crippen LogP contribution < -0.4 is 4.74 Å². The molecule has 0 bridgehead atoms. The minimum atomic E-state index is -1.18. The third kappa shape index (κ3) is 2.16. The molecule has 2 nitrogen and oxygen atoms in total. The Hall–Kier alpha value is -0.800. The second kappa shape index (κ2) is 3.75. The van der Waals surface area contributed by atoms with E-state index >= 15 is 0 Å². The van der Waals surface area contributed by atoms with Gasteiger partial charge in [-0.25, -0.2) is 4.39 Å². The first-order valence-electron chi connectivity index (χ1n) is 4.12. The average molecular weight is 219 g/mol. The SMILES string of the molecule is COc1c(F)cc(Cl)cc1C(C)(C)O. The van der Waals surface area contributed by atoms with Crippen molar-refractivity contribution in [1.82, 2.24) is 0 Å². The molecule has 0 aliphatic heterocycles. The summed E-state index contributed by atoms with van der Waals surface area (Å²) in [5, 5.41) is 9.98. The number of methoxy groups -OCH3 is 1. The quantitative estimate of drug-likeness (QED) is 0.827. The van der Waals surface area contributed by atoms with Gasteiger partial charge in [-0.3, -0.25) is 0 Å². The molecule has 0 spiro atoms. The van der Waals surface area contributed by atoms with Gasteiger partial charge in [0.2, 0.25) is 0 Å². The number of halogens is 2. The number of hydrogen-bond donors (Lipinski definition) is 1. The van der Waals surface area contributed by atoms with E-state index in [1.54, 1.807) is 13.8 Å². The van der Waals surface area contributed by atoms with Crippen LogP contribution in [0.15, 0.2) is 12.1 Å². The van der Waals surface area contributed by atoms with Crippen LogP contribution in [0, 0.1) is 5.82 Å². The van der Waals surface area contributed by atoms with E-state index < -0.39 is 11.4 Å². The molecule has 0 unspecified atom stereocenters. The highest BCUT2D eigenvalue weighted by molar-refractivity contribution is 6.30. The Kier molecular flexibility index (Phi) is 3.02. The van der Waals surface area contributed by atoms with Gasteiger partial charge >= 0.3 is 0 Å². The van der Waals surface area contributed by atoms with Gasteiger partial charge in [-0.15, -0.1) is 0 Å². The molecule has 0 radical (unpaired) electrons. The maximum absolute atomic E-state index is 13.3. The van der Waals surface area contributed by atoms with Crippen molar-refractivity contribution < 1.29 is 14.2 Å². The van der Waals surface area contributed by atoms with Gasteiger partial charge in [-0.2, -0.15) is 0 Å². The zero-order valence-corrected chi connectivity index (χ0v) is 9.02. The van der Waals surface area contributed by atoms with Crippen molar-refractivity contribution >= 4 is 11.6 Å². The van der Waals surface area contributed by atoms with Crippen LogP contribution in [0.3, 0.4) is 0 Å². The summed E-state index contributed by atoms with van der Waals surface area (Å²) < 4.78 is 18.2. The van der Waals surface area contributed by atoms with Crippen LogP contribution in [0.1, 0.15) is 19.4 Å². The summed E-state index contributed by atoms with van der Waals surface area (Å²) in [6.07, 6.45) is 0. The molecule has 0 aliphatic carbocycles. The Morgan fingerprint density at radius 2 is 2.00 bits per heavy atom. The van der Waals surface area contributed by atoms with Crippen molar-refractivity contribution in [2.75, 3.05) is 7.11 Å². The lowest BCUT2D eigenvalue weighted by molar-refractivity contribution is 0.0749.